The first kappa shape index (κ1) is 12.1. The number of hydrogen-bond acceptors (Lipinski definition) is 2. The largest absolute Gasteiger partial charge is 0.169 e. The third kappa shape index (κ3) is 164. The Hall–Kier alpha value is 1.34. The zero-order valence-electron chi connectivity index (χ0n) is 3.33. The third-order valence-electron chi connectivity index (χ3n) is 0. The molecule has 8 heavy (non-hydrogen) atoms. The molecule has 0 rings (SSSR count). The molecule has 0 N–H and O–H groups in total. The Balaban J connectivity index is 0. The average molecular weight is 230 g/mol. The summed E-state index contributed by atoms with van der Waals surface area (Å²) in [5.41, 5.74) is 0. The number of hydrogen-bond donors (Lipinski definition) is 0. The Morgan fingerprint density at radius 1 is 0.750 bits per heavy atom. The molecule has 0 aromatic carbocycles. The van der Waals surface area contributed by atoms with Gasteiger partial charge >= 0.3 is 0 Å². The zero-order valence-corrected chi connectivity index (χ0v) is 7.99. The van der Waals surface area contributed by atoms with E-state index in [1.807, 2.05) is 0 Å². The monoisotopic (exact) mass is 228 g/mol. The molecule has 0 aromatic heterocycles. The van der Waals surface area contributed by atoms with E-state index in [1.54, 1.807) is 0 Å². The molecule has 0 aliphatic rings. The molecule has 0 saturated carbocycles. The van der Waals surface area contributed by atoms with Crippen molar-refractivity contribution in [1.29, 1.82) is 0 Å². The minimum atomic E-state index is -0.0556. The highest BCUT2D eigenvalue weighted by Gasteiger charge is 1.65. The molecule has 0 saturated heterocycles. The fourth-order valence-corrected chi connectivity index (χ4v) is 0. The predicted octanol–water partition coefficient (Wildman–Crippen LogP) is 3.50. The van der Waals surface area contributed by atoms with Gasteiger partial charge in [-0.25, -0.2) is 0 Å². The molecule has 0 bridgehead atoms. The Morgan fingerprint density at radius 2 is 0.750 bits per heavy atom. The van der Waals surface area contributed by atoms with Gasteiger partial charge in [-0.3, -0.25) is 0 Å². The fraction of sp³-hybridized carbons (Fsp3) is 0. The lowest BCUT2D eigenvalue weighted by molar-refractivity contribution is 3.87. The maximum atomic E-state index is 4.77. The Morgan fingerprint density at radius 3 is 0.750 bits per heavy atom. The van der Waals surface area contributed by atoms with E-state index >= 15 is 0 Å². The van der Waals surface area contributed by atoms with Crippen LogP contribution in [0.3, 0.4) is 0 Å². The van der Waals surface area contributed by atoms with Gasteiger partial charge in [-0.1, -0.05) is 70.8 Å². The van der Waals surface area contributed by atoms with Gasteiger partial charge < -0.3 is 0 Å². The van der Waals surface area contributed by atoms with Crippen LogP contribution in [-0.4, -0.2) is 7.57 Å². The lowest BCUT2D eigenvalue weighted by Gasteiger charge is -1.53. The standard InChI is InChI=1S/2CCl2S/c2*2-1(3)4. The van der Waals surface area contributed by atoms with Gasteiger partial charge in [-0.2, -0.15) is 0 Å². The van der Waals surface area contributed by atoms with E-state index in [2.05, 4.69) is 24.4 Å². The highest BCUT2D eigenvalue weighted by atomic mass is 35.5. The molecule has 0 heterocycles. The van der Waals surface area contributed by atoms with Gasteiger partial charge in [-0.05, 0) is 0 Å². The maximum Gasteiger partial charge on any atom is 0.169 e. The van der Waals surface area contributed by atoms with Crippen LogP contribution in [-0.2, 0) is 0 Å². The second-order valence-electron chi connectivity index (χ2n) is 0.451. The summed E-state index contributed by atoms with van der Waals surface area (Å²) in [6, 6.07) is 0. The molecule has 6 heteroatoms. The van der Waals surface area contributed by atoms with Crippen LogP contribution in [0.5, 0.6) is 0 Å². The number of halogens is 4. The van der Waals surface area contributed by atoms with Crippen molar-refractivity contribution in [2.45, 2.75) is 0 Å². The van der Waals surface area contributed by atoms with E-state index in [0.717, 1.165) is 0 Å². The van der Waals surface area contributed by atoms with E-state index < -0.39 is 0 Å². The van der Waals surface area contributed by atoms with Gasteiger partial charge in [0.25, 0.3) is 0 Å². The quantitative estimate of drug-likeness (QED) is 0.461. The Labute approximate surface area is 78.0 Å². The van der Waals surface area contributed by atoms with Gasteiger partial charge in [0, 0.05) is 0 Å². The van der Waals surface area contributed by atoms with Crippen molar-refractivity contribution in [1.82, 2.24) is 0 Å². The van der Waals surface area contributed by atoms with Crippen LogP contribution < -0.4 is 0 Å². The molecule has 0 spiro atoms. The van der Waals surface area contributed by atoms with Crippen LogP contribution >= 0.6 is 70.8 Å². The molecule has 0 nitrogen and oxygen atoms in total. The highest BCUT2D eigenvalue weighted by molar-refractivity contribution is 7.86. The lowest BCUT2D eigenvalue weighted by atomic mass is 11.9. The van der Waals surface area contributed by atoms with Gasteiger partial charge in [-0.15, -0.1) is 0 Å². The highest BCUT2D eigenvalue weighted by Crippen LogP contribution is 1.86. The van der Waals surface area contributed by atoms with Gasteiger partial charge in [0.15, 0.2) is 7.57 Å². The summed E-state index contributed by atoms with van der Waals surface area (Å²) in [7, 11) is 0. The molecular formula is C2Cl4S2. The zero-order chi connectivity index (χ0) is 7.15. The van der Waals surface area contributed by atoms with Crippen LogP contribution in [0.2, 0.25) is 0 Å². The summed E-state index contributed by atoms with van der Waals surface area (Å²) < 4.78 is -0.111. The van der Waals surface area contributed by atoms with Crippen LogP contribution in [0, 0.1) is 0 Å². The van der Waals surface area contributed by atoms with Gasteiger partial charge in [0.1, 0.15) is 0 Å². The summed E-state index contributed by atoms with van der Waals surface area (Å²) in [6.07, 6.45) is 0. The van der Waals surface area contributed by atoms with Crippen molar-refractivity contribution in [3.8, 4) is 0 Å². The summed E-state index contributed by atoms with van der Waals surface area (Å²) in [4.78, 5) is 0. The summed E-state index contributed by atoms with van der Waals surface area (Å²) in [6.45, 7) is 0. The average Bonchev–Trinajstić information content (AvgIpc) is 1.25. The SMILES string of the molecule is S=C(Cl)Cl.S=C(Cl)Cl. The number of rotatable bonds is 0. The summed E-state index contributed by atoms with van der Waals surface area (Å²) in [5, 5.41) is 0. The molecular weight excluding hydrogens is 230 g/mol. The molecule has 0 aliphatic carbocycles. The summed E-state index contributed by atoms with van der Waals surface area (Å²) in [5.74, 6) is 0. The maximum absolute atomic E-state index is 4.77. The predicted molar refractivity (Wildman–Crippen MR) is 48.6 cm³/mol. The van der Waals surface area contributed by atoms with Crippen LogP contribution in [0.1, 0.15) is 0 Å². The van der Waals surface area contributed by atoms with Crippen molar-refractivity contribution in [3.63, 3.8) is 0 Å². The molecule has 0 radical (unpaired) electrons. The first-order chi connectivity index (χ1) is 3.46. The van der Waals surface area contributed by atoms with Crippen LogP contribution in [0.25, 0.3) is 0 Å². The van der Waals surface area contributed by atoms with Crippen molar-refractivity contribution < 1.29 is 0 Å². The van der Waals surface area contributed by atoms with Crippen LogP contribution in [0.15, 0.2) is 0 Å². The first-order valence-corrected chi connectivity index (χ1v) is 3.49. The van der Waals surface area contributed by atoms with E-state index in [0.29, 0.717) is 0 Å². The van der Waals surface area contributed by atoms with Crippen molar-refractivity contribution in [2.75, 3.05) is 0 Å². The van der Waals surface area contributed by atoms with Gasteiger partial charge in [0.2, 0.25) is 0 Å². The molecule has 0 amide bonds. The van der Waals surface area contributed by atoms with E-state index in [9.17, 15) is 0 Å². The second kappa shape index (κ2) is 8.34. The Bertz CT molecular complexity index is 70.0. The van der Waals surface area contributed by atoms with Crippen molar-refractivity contribution in [2.24, 2.45) is 0 Å². The molecule has 0 aromatic rings. The summed E-state index contributed by atoms with van der Waals surface area (Å²) >= 11 is 27.2. The van der Waals surface area contributed by atoms with Crippen LogP contribution in [0.4, 0.5) is 0 Å². The molecule has 0 atom stereocenters. The molecule has 48 valence electrons. The Kier molecular flexibility index (Phi) is 12.6. The van der Waals surface area contributed by atoms with Gasteiger partial charge in [0.05, 0.1) is 0 Å². The number of thiocarbonyl (C=S) groups is 2. The second-order valence-corrected chi connectivity index (χ2v) is 4.06. The smallest absolute Gasteiger partial charge is 0.0579 e. The normalized spacial score (nSPS) is 6.50. The minimum Gasteiger partial charge on any atom is -0.0579 e. The molecule has 0 aliphatic heterocycles. The topological polar surface area (TPSA) is 0 Å². The lowest BCUT2D eigenvalue weighted by Crippen LogP contribution is -1.45. The van der Waals surface area contributed by atoms with E-state index in [4.69, 9.17) is 46.4 Å². The molecule has 0 fully saturated rings. The first-order valence-electron chi connectivity index (χ1n) is 1.16. The van der Waals surface area contributed by atoms with Crippen molar-refractivity contribution >= 4 is 78.4 Å². The minimum absolute atomic E-state index is 0.0556. The molecule has 0 unspecified atom stereocenters. The third-order valence-corrected chi connectivity index (χ3v) is 0. The fourth-order valence-electron chi connectivity index (χ4n) is 0. The van der Waals surface area contributed by atoms with E-state index in [1.165, 1.54) is 0 Å². The van der Waals surface area contributed by atoms with Crippen molar-refractivity contribution in [3.05, 3.63) is 0 Å². The van der Waals surface area contributed by atoms with E-state index in [-0.39, 0.29) is 7.57 Å².